The lowest BCUT2D eigenvalue weighted by Gasteiger charge is -2.21. The Morgan fingerprint density at radius 2 is 1.70 bits per heavy atom. The van der Waals surface area contributed by atoms with Gasteiger partial charge in [0.25, 0.3) is 11.1 Å². The monoisotopic (exact) mass is 366 g/mol. The third-order valence-electron chi connectivity index (χ3n) is 4.36. The molecule has 27 heavy (non-hydrogen) atoms. The molecule has 0 fully saturated rings. The molecule has 0 saturated heterocycles. The molecule has 0 aliphatic rings. The van der Waals surface area contributed by atoms with Gasteiger partial charge in [0.15, 0.2) is 0 Å². The van der Waals surface area contributed by atoms with Crippen molar-refractivity contribution >= 4 is 17.1 Å². The van der Waals surface area contributed by atoms with Gasteiger partial charge in [-0.2, -0.15) is 0 Å². The summed E-state index contributed by atoms with van der Waals surface area (Å²) >= 11 is 0. The zero-order chi connectivity index (χ0) is 19.4. The number of hydrogen-bond donors (Lipinski definition) is 4. The van der Waals surface area contributed by atoms with E-state index in [-0.39, 0.29) is 23.2 Å². The molecule has 0 aliphatic heterocycles. The van der Waals surface area contributed by atoms with Gasteiger partial charge >= 0.3 is 0 Å². The molecule has 140 valence electrons. The minimum absolute atomic E-state index is 0.0131. The van der Waals surface area contributed by atoms with Gasteiger partial charge in [-0.25, -0.2) is 0 Å². The Balaban J connectivity index is 2.07. The van der Waals surface area contributed by atoms with E-state index in [9.17, 15) is 14.7 Å². The smallest absolute Gasteiger partial charge is 0.290 e. The highest BCUT2D eigenvalue weighted by molar-refractivity contribution is 5.75. The fraction of sp³-hybridized carbons (Fsp3) is 0.200. The molecular weight excluding hydrogens is 344 g/mol. The molecule has 0 spiro atoms. The molecule has 1 unspecified atom stereocenters. The second-order valence-electron chi connectivity index (χ2n) is 6.21. The van der Waals surface area contributed by atoms with Crippen molar-refractivity contribution in [2.45, 2.75) is 19.4 Å². The Morgan fingerprint density at radius 1 is 1.04 bits per heavy atom. The molecule has 3 aromatic rings. The second kappa shape index (κ2) is 7.82. The molecule has 1 atom stereocenters. The number of aromatic hydroxyl groups is 1. The number of nitrogens with zero attached hydrogens (tertiary/aromatic N) is 1. The van der Waals surface area contributed by atoms with Crippen molar-refractivity contribution in [1.29, 1.82) is 0 Å². The van der Waals surface area contributed by atoms with E-state index in [1.807, 2.05) is 37.3 Å². The van der Waals surface area contributed by atoms with Crippen LogP contribution < -0.4 is 21.8 Å². The number of H-pyrrole nitrogens is 1. The van der Waals surface area contributed by atoms with Gasteiger partial charge in [-0.3, -0.25) is 19.4 Å². The highest BCUT2D eigenvalue weighted by Gasteiger charge is 2.19. The fourth-order valence-corrected chi connectivity index (χ4v) is 2.90. The lowest BCUT2D eigenvalue weighted by atomic mass is 10.0. The molecule has 2 aromatic carbocycles. The van der Waals surface area contributed by atoms with Gasteiger partial charge in [-0.05, 0) is 24.1 Å². The molecule has 0 bridgehead atoms. The summed E-state index contributed by atoms with van der Waals surface area (Å²) in [5.41, 5.74) is 0.728. The molecule has 1 aromatic heterocycles. The average molecular weight is 366 g/mol. The topological polar surface area (TPSA) is 99.1 Å². The molecule has 0 saturated carbocycles. The third-order valence-corrected chi connectivity index (χ3v) is 4.36. The van der Waals surface area contributed by atoms with Crippen LogP contribution >= 0.6 is 0 Å². The van der Waals surface area contributed by atoms with Gasteiger partial charge in [-0.1, -0.05) is 49.4 Å². The van der Waals surface area contributed by atoms with Crippen molar-refractivity contribution in [3.8, 4) is 5.75 Å². The molecule has 7 heteroatoms. The molecule has 3 rings (SSSR count). The van der Waals surface area contributed by atoms with Crippen LogP contribution in [0.2, 0.25) is 0 Å². The number of nitrogens with one attached hydrogen (secondary N) is 3. The summed E-state index contributed by atoms with van der Waals surface area (Å²) in [7, 11) is 1.47. The van der Waals surface area contributed by atoms with E-state index in [1.165, 1.54) is 13.1 Å². The lowest BCUT2D eigenvalue weighted by molar-refractivity contribution is 0.477. The van der Waals surface area contributed by atoms with Gasteiger partial charge in [0.05, 0.1) is 11.7 Å². The highest BCUT2D eigenvalue weighted by Crippen LogP contribution is 2.29. The SMILES string of the molecule is CCC(Nc1c(Nc2ccccc2O)c(=O)n(C)[nH]c1=O)c1ccccc1. The summed E-state index contributed by atoms with van der Waals surface area (Å²) in [6, 6.07) is 16.1. The van der Waals surface area contributed by atoms with Gasteiger partial charge in [0.1, 0.15) is 17.1 Å². The van der Waals surface area contributed by atoms with Crippen molar-refractivity contribution in [2.75, 3.05) is 10.6 Å². The van der Waals surface area contributed by atoms with Crippen molar-refractivity contribution < 1.29 is 5.11 Å². The Bertz CT molecular complexity index is 1040. The number of anilines is 3. The Morgan fingerprint density at radius 3 is 2.37 bits per heavy atom. The van der Waals surface area contributed by atoms with Gasteiger partial charge < -0.3 is 15.7 Å². The maximum atomic E-state index is 12.7. The van der Waals surface area contributed by atoms with Crippen LogP contribution in [0.5, 0.6) is 5.75 Å². The number of aryl methyl sites for hydroxylation is 1. The normalized spacial score (nSPS) is 11.8. The van der Waals surface area contributed by atoms with Gasteiger partial charge in [-0.15, -0.1) is 0 Å². The van der Waals surface area contributed by atoms with E-state index < -0.39 is 11.1 Å². The van der Waals surface area contributed by atoms with Crippen LogP contribution in [0.25, 0.3) is 0 Å². The number of benzene rings is 2. The number of phenolic OH excluding ortho intramolecular Hbond substituents is 1. The van der Waals surface area contributed by atoms with Crippen LogP contribution in [-0.2, 0) is 7.05 Å². The van der Waals surface area contributed by atoms with Crippen LogP contribution in [0.3, 0.4) is 0 Å². The van der Waals surface area contributed by atoms with E-state index in [4.69, 9.17) is 0 Å². The van der Waals surface area contributed by atoms with Crippen molar-refractivity contribution in [2.24, 2.45) is 7.05 Å². The van der Waals surface area contributed by atoms with Crippen LogP contribution in [-0.4, -0.2) is 14.9 Å². The minimum Gasteiger partial charge on any atom is -0.506 e. The first-order valence-corrected chi connectivity index (χ1v) is 8.71. The van der Waals surface area contributed by atoms with E-state index in [0.717, 1.165) is 10.2 Å². The number of phenols is 1. The summed E-state index contributed by atoms with van der Waals surface area (Å²) in [5.74, 6) is -0.0131. The quantitative estimate of drug-likeness (QED) is 0.503. The highest BCUT2D eigenvalue weighted by atomic mass is 16.3. The Kier molecular flexibility index (Phi) is 5.30. The van der Waals surface area contributed by atoms with Crippen molar-refractivity contribution in [3.63, 3.8) is 0 Å². The van der Waals surface area contributed by atoms with Crippen LogP contribution in [0.15, 0.2) is 64.2 Å². The van der Waals surface area contributed by atoms with Crippen LogP contribution in [0.1, 0.15) is 24.9 Å². The molecular formula is C20H22N4O3. The van der Waals surface area contributed by atoms with Crippen LogP contribution in [0, 0.1) is 0 Å². The third kappa shape index (κ3) is 3.87. The summed E-state index contributed by atoms with van der Waals surface area (Å²) < 4.78 is 1.11. The first-order valence-electron chi connectivity index (χ1n) is 8.71. The fourth-order valence-electron chi connectivity index (χ4n) is 2.90. The first-order chi connectivity index (χ1) is 13.0. The molecule has 0 amide bonds. The van der Waals surface area contributed by atoms with Gasteiger partial charge in [0.2, 0.25) is 0 Å². The van der Waals surface area contributed by atoms with Crippen molar-refractivity contribution in [1.82, 2.24) is 9.78 Å². The minimum atomic E-state index is -0.426. The number of aromatic amines is 1. The first kappa shape index (κ1) is 18.3. The van der Waals surface area contributed by atoms with E-state index in [1.54, 1.807) is 18.2 Å². The largest absolute Gasteiger partial charge is 0.506 e. The number of aromatic nitrogens is 2. The zero-order valence-electron chi connectivity index (χ0n) is 15.2. The second-order valence-corrected chi connectivity index (χ2v) is 6.21. The van der Waals surface area contributed by atoms with E-state index in [0.29, 0.717) is 12.1 Å². The number of rotatable bonds is 6. The van der Waals surface area contributed by atoms with E-state index in [2.05, 4.69) is 15.7 Å². The number of para-hydroxylation sites is 2. The van der Waals surface area contributed by atoms with Gasteiger partial charge in [0, 0.05) is 7.05 Å². The summed E-state index contributed by atoms with van der Waals surface area (Å²) in [4.78, 5) is 25.3. The maximum absolute atomic E-state index is 12.7. The maximum Gasteiger partial charge on any atom is 0.290 e. The standard InChI is InChI=1S/C20H22N4O3/c1-3-14(13-9-5-4-6-10-13)21-17-18(20(27)24(2)23-19(17)26)22-15-11-7-8-12-16(15)25/h4-12,14,21-22,25H,3H2,1-2H3,(H,23,26). The number of hydrogen-bond acceptors (Lipinski definition) is 5. The lowest BCUT2D eigenvalue weighted by Crippen LogP contribution is -2.32. The predicted octanol–water partition coefficient (Wildman–Crippen LogP) is 3.09. The summed E-state index contributed by atoms with van der Waals surface area (Å²) in [6.45, 7) is 2.00. The average Bonchev–Trinajstić information content (AvgIpc) is 2.68. The van der Waals surface area contributed by atoms with Crippen molar-refractivity contribution in [3.05, 3.63) is 80.9 Å². The van der Waals surface area contributed by atoms with Crippen LogP contribution in [0.4, 0.5) is 17.1 Å². The predicted molar refractivity (Wildman–Crippen MR) is 107 cm³/mol. The van der Waals surface area contributed by atoms with E-state index >= 15 is 0 Å². The molecule has 1 heterocycles. The summed E-state index contributed by atoms with van der Waals surface area (Å²) in [5, 5.41) is 18.6. The zero-order valence-corrected chi connectivity index (χ0v) is 15.2. The molecule has 7 nitrogen and oxygen atoms in total. The molecule has 4 N–H and O–H groups in total. The summed E-state index contributed by atoms with van der Waals surface area (Å²) in [6.07, 6.45) is 0.717. The Hall–Kier alpha value is -3.48. The molecule has 0 aliphatic carbocycles. The Labute approximate surface area is 156 Å². The molecule has 0 radical (unpaired) electrons.